The van der Waals surface area contributed by atoms with Gasteiger partial charge in [0.15, 0.2) is 0 Å². The first kappa shape index (κ1) is 8.35. The van der Waals surface area contributed by atoms with Gasteiger partial charge in [0.05, 0.1) is 4.92 Å². The fraction of sp³-hybridized carbons (Fsp3) is 0. The molecule has 0 aromatic carbocycles. The van der Waals surface area contributed by atoms with E-state index in [4.69, 9.17) is 0 Å². The summed E-state index contributed by atoms with van der Waals surface area (Å²) in [4.78, 5) is 10.1. The van der Waals surface area contributed by atoms with E-state index >= 15 is 0 Å². The van der Waals surface area contributed by atoms with Gasteiger partial charge in [0.1, 0.15) is 6.33 Å². The Bertz CT molecular complexity index is 480. The minimum Gasteiger partial charge on any atom is -0.282 e. The van der Waals surface area contributed by atoms with Gasteiger partial charge in [-0.3, -0.25) is 14.5 Å². The Kier molecular flexibility index (Phi) is 1.87. The van der Waals surface area contributed by atoms with Crippen molar-refractivity contribution in [3.05, 3.63) is 32.3 Å². The molecular weight excluding hydrogens is 287 g/mol. The summed E-state index contributed by atoms with van der Waals surface area (Å²) in [6, 6.07) is 1.46. The fourth-order valence-corrected chi connectivity index (χ4v) is 1.62. The van der Waals surface area contributed by atoms with Gasteiger partial charge in [-0.15, -0.1) is 10.2 Å². The third-order valence-electron chi connectivity index (χ3n) is 1.54. The molecule has 66 valence electrons. The zero-order valence-electron chi connectivity index (χ0n) is 6.22. The molecule has 6 nitrogen and oxygen atoms in total. The Balaban J connectivity index is 2.84. The van der Waals surface area contributed by atoms with Crippen molar-refractivity contribution in [2.75, 3.05) is 0 Å². The van der Waals surface area contributed by atoms with Crippen molar-refractivity contribution in [3.8, 4) is 0 Å². The largest absolute Gasteiger partial charge is 0.315 e. The van der Waals surface area contributed by atoms with Gasteiger partial charge in [-0.05, 0) is 22.6 Å². The van der Waals surface area contributed by atoms with Gasteiger partial charge in [-0.1, -0.05) is 0 Å². The van der Waals surface area contributed by atoms with Crippen LogP contribution in [0.15, 0.2) is 18.6 Å². The number of hydrogen-bond donors (Lipinski definition) is 0. The van der Waals surface area contributed by atoms with E-state index in [2.05, 4.69) is 10.2 Å². The number of nitro groups is 1. The molecule has 13 heavy (non-hydrogen) atoms. The number of halogens is 1. The van der Waals surface area contributed by atoms with Crippen molar-refractivity contribution in [1.29, 1.82) is 0 Å². The van der Waals surface area contributed by atoms with Crippen molar-refractivity contribution < 1.29 is 4.92 Å². The van der Waals surface area contributed by atoms with E-state index in [-0.39, 0.29) is 11.3 Å². The summed E-state index contributed by atoms with van der Waals surface area (Å²) in [5, 5.41) is 17.8. The molecule has 2 heterocycles. The lowest BCUT2D eigenvalue weighted by atomic mass is 10.4. The van der Waals surface area contributed by atoms with Crippen molar-refractivity contribution >= 4 is 33.9 Å². The quantitative estimate of drug-likeness (QED) is 0.450. The molecule has 0 aliphatic heterocycles. The van der Waals surface area contributed by atoms with Crippen LogP contribution in [0.3, 0.4) is 0 Å². The number of pyridine rings is 1. The minimum absolute atomic E-state index is 0.0237. The van der Waals surface area contributed by atoms with E-state index in [1.807, 2.05) is 22.6 Å². The molecule has 7 heteroatoms. The van der Waals surface area contributed by atoms with Crippen LogP contribution in [0.25, 0.3) is 5.65 Å². The first-order valence-corrected chi connectivity index (χ1v) is 4.39. The highest BCUT2D eigenvalue weighted by Crippen LogP contribution is 2.19. The number of rotatable bonds is 1. The average molecular weight is 290 g/mol. The third kappa shape index (κ3) is 1.34. The minimum atomic E-state index is -0.466. The number of nitrogens with zero attached hydrogens (tertiary/aromatic N) is 4. The molecule has 0 N–H and O–H groups in total. The SMILES string of the molecule is O=[N+]([O-])c1cc(I)cn2cnnc12. The Morgan fingerprint density at radius 3 is 3.08 bits per heavy atom. The molecule has 0 radical (unpaired) electrons. The molecule has 0 saturated heterocycles. The van der Waals surface area contributed by atoms with Gasteiger partial charge >= 0.3 is 5.69 Å². The van der Waals surface area contributed by atoms with Crippen LogP contribution < -0.4 is 0 Å². The van der Waals surface area contributed by atoms with Crippen molar-refractivity contribution in [3.63, 3.8) is 0 Å². The maximum atomic E-state index is 10.6. The van der Waals surface area contributed by atoms with Crippen LogP contribution in [0.4, 0.5) is 5.69 Å². The second-order valence-corrected chi connectivity index (χ2v) is 3.61. The van der Waals surface area contributed by atoms with Crippen molar-refractivity contribution in [2.24, 2.45) is 0 Å². The summed E-state index contributed by atoms with van der Waals surface area (Å²) >= 11 is 2.00. The highest BCUT2D eigenvalue weighted by atomic mass is 127. The van der Waals surface area contributed by atoms with Gasteiger partial charge in [-0.2, -0.15) is 0 Å². The number of hydrogen-bond acceptors (Lipinski definition) is 4. The first-order valence-electron chi connectivity index (χ1n) is 3.32. The molecule has 0 fully saturated rings. The van der Waals surface area contributed by atoms with E-state index < -0.39 is 4.92 Å². The average Bonchev–Trinajstić information content (AvgIpc) is 2.49. The van der Waals surface area contributed by atoms with E-state index in [0.717, 1.165) is 3.57 Å². The second kappa shape index (κ2) is 2.91. The van der Waals surface area contributed by atoms with Crippen LogP contribution in [-0.4, -0.2) is 19.5 Å². The maximum Gasteiger partial charge on any atom is 0.315 e. The van der Waals surface area contributed by atoms with Crippen LogP contribution in [0.1, 0.15) is 0 Å². The predicted octanol–water partition coefficient (Wildman–Crippen LogP) is 1.24. The van der Waals surface area contributed by atoms with Gasteiger partial charge in [0.2, 0.25) is 5.65 Å². The molecule has 2 aromatic heterocycles. The molecule has 2 aromatic rings. The Labute approximate surface area is 85.9 Å². The van der Waals surface area contributed by atoms with Crippen LogP contribution in [-0.2, 0) is 0 Å². The fourth-order valence-electron chi connectivity index (χ4n) is 1.02. The van der Waals surface area contributed by atoms with Gasteiger partial charge < -0.3 is 0 Å². The zero-order valence-corrected chi connectivity index (χ0v) is 8.37. The predicted molar refractivity (Wildman–Crippen MR) is 52.4 cm³/mol. The Morgan fingerprint density at radius 1 is 1.62 bits per heavy atom. The third-order valence-corrected chi connectivity index (χ3v) is 2.13. The summed E-state index contributed by atoms with van der Waals surface area (Å²) in [6.45, 7) is 0. The first-order chi connectivity index (χ1) is 6.18. The summed E-state index contributed by atoms with van der Waals surface area (Å²) < 4.78 is 2.30. The molecular formula is C6H3IN4O2. The summed E-state index contributed by atoms with van der Waals surface area (Å²) in [5.74, 6) is 0. The van der Waals surface area contributed by atoms with Crippen LogP contribution >= 0.6 is 22.6 Å². The Hall–Kier alpha value is -1.25. The lowest BCUT2D eigenvalue weighted by Gasteiger charge is -1.95. The number of aromatic nitrogens is 3. The van der Waals surface area contributed by atoms with Gasteiger partial charge in [0.25, 0.3) is 0 Å². The van der Waals surface area contributed by atoms with Crippen molar-refractivity contribution in [1.82, 2.24) is 14.6 Å². The van der Waals surface area contributed by atoms with Crippen LogP contribution in [0, 0.1) is 13.7 Å². The van der Waals surface area contributed by atoms with E-state index in [0.29, 0.717) is 0 Å². The Morgan fingerprint density at radius 2 is 2.38 bits per heavy atom. The van der Waals surface area contributed by atoms with Crippen molar-refractivity contribution in [2.45, 2.75) is 0 Å². The molecule has 0 amide bonds. The monoisotopic (exact) mass is 290 g/mol. The maximum absolute atomic E-state index is 10.6. The topological polar surface area (TPSA) is 73.3 Å². The highest BCUT2D eigenvalue weighted by Gasteiger charge is 2.14. The molecule has 0 aliphatic rings. The number of fused-ring (bicyclic) bond motifs is 1. The van der Waals surface area contributed by atoms with Gasteiger partial charge in [-0.25, -0.2) is 0 Å². The van der Waals surface area contributed by atoms with Crippen LogP contribution in [0.5, 0.6) is 0 Å². The molecule has 0 unspecified atom stereocenters. The molecule has 0 bridgehead atoms. The molecule has 0 saturated carbocycles. The lowest BCUT2D eigenvalue weighted by molar-refractivity contribution is -0.383. The highest BCUT2D eigenvalue weighted by molar-refractivity contribution is 14.1. The van der Waals surface area contributed by atoms with E-state index in [9.17, 15) is 10.1 Å². The lowest BCUT2D eigenvalue weighted by Crippen LogP contribution is -1.94. The zero-order chi connectivity index (χ0) is 9.42. The molecule has 0 aliphatic carbocycles. The molecule has 0 spiro atoms. The summed E-state index contributed by atoms with van der Waals surface area (Å²) in [5.41, 5.74) is 0.245. The summed E-state index contributed by atoms with van der Waals surface area (Å²) in [7, 11) is 0. The second-order valence-electron chi connectivity index (χ2n) is 2.36. The van der Waals surface area contributed by atoms with Gasteiger partial charge in [0, 0.05) is 15.8 Å². The van der Waals surface area contributed by atoms with Crippen LogP contribution in [0.2, 0.25) is 0 Å². The van der Waals surface area contributed by atoms with E-state index in [1.54, 1.807) is 6.20 Å². The smallest absolute Gasteiger partial charge is 0.282 e. The standard InChI is InChI=1S/C6H3IN4O2/c7-4-1-5(11(12)13)6-9-8-3-10(6)2-4/h1-3H. The summed E-state index contributed by atoms with van der Waals surface area (Å²) in [6.07, 6.45) is 3.16. The molecule has 2 rings (SSSR count). The normalized spacial score (nSPS) is 10.5. The van der Waals surface area contributed by atoms with E-state index in [1.165, 1.54) is 16.8 Å². The molecule has 0 atom stereocenters.